The van der Waals surface area contributed by atoms with Gasteiger partial charge in [-0.2, -0.15) is 0 Å². The second-order valence-electron chi connectivity index (χ2n) is 3.83. The van der Waals surface area contributed by atoms with Crippen LogP contribution in [0.5, 0.6) is 0 Å². The fourth-order valence-electron chi connectivity index (χ4n) is 1.92. The lowest BCUT2D eigenvalue weighted by molar-refractivity contribution is 1.57. The lowest BCUT2D eigenvalue weighted by atomic mass is 9.99. The van der Waals surface area contributed by atoms with Crippen molar-refractivity contribution in [3.63, 3.8) is 0 Å². The Morgan fingerprint density at radius 1 is 0.625 bits per heavy atom. The number of hydrogen-bond acceptors (Lipinski definition) is 0. The first-order chi connectivity index (χ1) is 7.93. The fourth-order valence-corrected chi connectivity index (χ4v) is 1.92. The van der Waals surface area contributed by atoms with E-state index < -0.39 is 0 Å². The van der Waals surface area contributed by atoms with Crippen molar-refractivity contribution in [3.05, 3.63) is 70.8 Å². The van der Waals surface area contributed by atoms with Crippen LogP contribution in [0.15, 0.2) is 42.5 Å². The molecular weight excluding hydrogens is 192 g/mol. The van der Waals surface area contributed by atoms with Crippen molar-refractivity contribution in [3.8, 4) is 0 Å². The summed E-state index contributed by atoms with van der Waals surface area (Å²) in [4.78, 5) is 0. The van der Waals surface area contributed by atoms with E-state index in [2.05, 4.69) is 60.7 Å². The zero-order valence-corrected chi connectivity index (χ0v) is 8.85. The number of fused-ring (bicyclic) bond motifs is 2. The largest absolute Gasteiger partial charge is 0.0616 e. The maximum Gasteiger partial charge on any atom is -0.00992 e. The van der Waals surface area contributed by atoms with Gasteiger partial charge >= 0.3 is 0 Å². The molecule has 0 N–H and O–H groups in total. The van der Waals surface area contributed by atoms with E-state index in [0.29, 0.717) is 0 Å². The third kappa shape index (κ3) is 1.59. The van der Waals surface area contributed by atoms with Crippen LogP contribution in [0.3, 0.4) is 0 Å². The van der Waals surface area contributed by atoms with E-state index in [1.807, 2.05) is 12.1 Å². The van der Waals surface area contributed by atoms with Gasteiger partial charge in [0.1, 0.15) is 0 Å². The third-order valence-electron chi connectivity index (χ3n) is 2.79. The highest BCUT2D eigenvalue weighted by Gasteiger charge is 2.00. The minimum absolute atomic E-state index is 1.15. The molecule has 0 saturated heterocycles. The Morgan fingerprint density at radius 2 is 1.25 bits per heavy atom. The lowest BCUT2D eigenvalue weighted by Gasteiger charge is -2.06. The van der Waals surface area contributed by atoms with Gasteiger partial charge < -0.3 is 0 Å². The maximum atomic E-state index is 3.25. The van der Waals surface area contributed by atoms with E-state index in [4.69, 9.17) is 0 Å². The van der Waals surface area contributed by atoms with Crippen LogP contribution >= 0.6 is 0 Å². The molecule has 1 aliphatic carbocycles. The van der Waals surface area contributed by atoms with Crippen molar-refractivity contribution in [2.75, 3.05) is 0 Å². The molecule has 0 saturated carbocycles. The Labute approximate surface area is 95.6 Å². The molecular formula is C16H11. The predicted molar refractivity (Wildman–Crippen MR) is 69.6 cm³/mol. The minimum atomic E-state index is 1.15. The van der Waals surface area contributed by atoms with Gasteiger partial charge in [-0.3, -0.25) is 0 Å². The Kier molecular flexibility index (Phi) is 2.19. The molecule has 1 aliphatic rings. The van der Waals surface area contributed by atoms with E-state index in [0.717, 1.165) is 5.56 Å². The van der Waals surface area contributed by atoms with Crippen molar-refractivity contribution in [2.45, 2.75) is 0 Å². The standard InChI is InChI=1S/C16H11/c1-2-6-14-11-12-16-8-4-3-7-15(16)10-9-13(14)5-1/h1-7,9-12H. The van der Waals surface area contributed by atoms with Gasteiger partial charge in [-0.15, -0.1) is 0 Å². The normalized spacial score (nSPS) is 12.5. The van der Waals surface area contributed by atoms with Crippen LogP contribution in [0.2, 0.25) is 0 Å². The summed E-state index contributed by atoms with van der Waals surface area (Å²) < 4.78 is 0. The molecule has 0 aliphatic heterocycles. The van der Waals surface area contributed by atoms with Crippen molar-refractivity contribution >= 4 is 24.3 Å². The first-order valence-corrected chi connectivity index (χ1v) is 5.39. The Morgan fingerprint density at radius 3 is 2.06 bits per heavy atom. The first-order valence-electron chi connectivity index (χ1n) is 5.39. The quantitative estimate of drug-likeness (QED) is 0.515. The van der Waals surface area contributed by atoms with Gasteiger partial charge in [-0.1, -0.05) is 66.8 Å². The van der Waals surface area contributed by atoms with Crippen LogP contribution in [0, 0.1) is 6.07 Å². The molecule has 0 nitrogen and oxygen atoms in total. The third-order valence-corrected chi connectivity index (χ3v) is 2.79. The topological polar surface area (TPSA) is 0 Å². The van der Waals surface area contributed by atoms with Crippen LogP contribution in [-0.4, -0.2) is 0 Å². The molecule has 2 aromatic rings. The van der Waals surface area contributed by atoms with Gasteiger partial charge in [-0.25, -0.2) is 0 Å². The van der Waals surface area contributed by atoms with Crippen LogP contribution in [0.1, 0.15) is 22.3 Å². The smallest absolute Gasteiger partial charge is 0.00992 e. The highest BCUT2D eigenvalue weighted by atomic mass is 14.0. The SMILES string of the molecule is [c]1cccc2c1C=Cc1ccccc1C=C2. The molecule has 75 valence electrons. The molecule has 16 heavy (non-hydrogen) atoms. The molecule has 0 atom stereocenters. The summed E-state index contributed by atoms with van der Waals surface area (Å²) >= 11 is 0. The molecule has 0 heterocycles. The van der Waals surface area contributed by atoms with Crippen LogP contribution in [-0.2, 0) is 0 Å². The van der Waals surface area contributed by atoms with Crippen LogP contribution in [0.4, 0.5) is 0 Å². The number of rotatable bonds is 0. The highest BCUT2D eigenvalue weighted by molar-refractivity contribution is 5.85. The molecule has 0 amide bonds. The molecule has 0 fully saturated rings. The Hall–Kier alpha value is -2.08. The van der Waals surface area contributed by atoms with Crippen molar-refractivity contribution < 1.29 is 0 Å². The van der Waals surface area contributed by atoms with Gasteiger partial charge in [0.15, 0.2) is 0 Å². The number of benzene rings is 2. The lowest BCUT2D eigenvalue weighted by Crippen LogP contribution is -1.85. The van der Waals surface area contributed by atoms with Crippen molar-refractivity contribution in [1.82, 2.24) is 0 Å². The fraction of sp³-hybridized carbons (Fsp3) is 0. The average Bonchev–Trinajstić information content (AvgIpc) is 2.32. The first kappa shape index (κ1) is 9.17. The molecule has 2 aromatic carbocycles. The monoisotopic (exact) mass is 203 g/mol. The van der Waals surface area contributed by atoms with Gasteiger partial charge in [0.2, 0.25) is 0 Å². The van der Waals surface area contributed by atoms with Gasteiger partial charge in [-0.05, 0) is 28.3 Å². The molecule has 1 radical (unpaired) electrons. The summed E-state index contributed by atoms with van der Waals surface area (Å²) in [5, 5.41) is 0. The van der Waals surface area contributed by atoms with Gasteiger partial charge in [0, 0.05) is 0 Å². The zero-order chi connectivity index (χ0) is 10.8. The zero-order valence-electron chi connectivity index (χ0n) is 8.85. The predicted octanol–water partition coefficient (Wildman–Crippen LogP) is 4.14. The van der Waals surface area contributed by atoms with Crippen LogP contribution in [0.25, 0.3) is 24.3 Å². The van der Waals surface area contributed by atoms with Crippen molar-refractivity contribution in [1.29, 1.82) is 0 Å². The van der Waals surface area contributed by atoms with Gasteiger partial charge in [0.25, 0.3) is 0 Å². The van der Waals surface area contributed by atoms with E-state index in [1.54, 1.807) is 0 Å². The van der Waals surface area contributed by atoms with E-state index in [9.17, 15) is 0 Å². The van der Waals surface area contributed by atoms with Gasteiger partial charge in [0.05, 0.1) is 0 Å². The summed E-state index contributed by atoms with van der Waals surface area (Å²) in [6.45, 7) is 0. The Bertz CT molecular complexity index is 471. The average molecular weight is 203 g/mol. The molecule has 0 aromatic heterocycles. The highest BCUT2D eigenvalue weighted by Crippen LogP contribution is 2.21. The summed E-state index contributed by atoms with van der Waals surface area (Å²) in [6, 6.07) is 17.7. The van der Waals surface area contributed by atoms with E-state index >= 15 is 0 Å². The summed E-state index contributed by atoms with van der Waals surface area (Å²) in [6.07, 6.45) is 8.57. The molecule has 0 spiro atoms. The molecule has 0 heteroatoms. The minimum Gasteiger partial charge on any atom is -0.0616 e. The Balaban J connectivity index is 2.18. The number of hydrogen-bond donors (Lipinski definition) is 0. The molecule has 3 rings (SSSR count). The second kappa shape index (κ2) is 3.82. The molecule has 0 bridgehead atoms. The van der Waals surface area contributed by atoms with E-state index in [1.165, 1.54) is 16.7 Å². The second-order valence-corrected chi connectivity index (χ2v) is 3.83. The molecule has 0 unspecified atom stereocenters. The summed E-state index contributed by atoms with van der Waals surface area (Å²) in [5.74, 6) is 0. The van der Waals surface area contributed by atoms with Crippen LogP contribution < -0.4 is 0 Å². The summed E-state index contributed by atoms with van der Waals surface area (Å²) in [5.41, 5.74) is 4.87. The maximum absolute atomic E-state index is 3.25. The summed E-state index contributed by atoms with van der Waals surface area (Å²) in [7, 11) is 0. The van der Waals surface area contributed by atoms with E-state index in [-0.39, 0.29) is 0 Å². The van der Waals surface area contributed by atoms with Crippen molar-refractivity contribution in [2.24, 2.45) is 0 Å².